The summed E-state index contributed by atoms with van der Waals surface area (Å²) in [6.07, 6.45) is 10.6. The maximum Gasteiger partial charge on any atom is 0.138 e. The zero-order valence-electron chi connectivity index (χ0n) is 17.7. The minimum atomic E-state index is 0.264. The highest BCUT2D eigenvalue weighted by atomic mass is 16.5. The predicted molar refractivity (Wildman–Crippen MR) is 117 cm³/mol. The second-order valence-corrected chi connectivity index (χ2v) is 7.51. The minimum Gasteiger partial charge on any atom is -0.489 e. The Kier molecular flexibility index (Phi) is 9.01. The van der Waals surface area contributed by atoms with E-state index in [0.29, 0.717) is 29.3 Å². The first-order valence-electron chi connectivity index (χ1n) is 10.3. The Morgan fingerprint density at radius 2 is 1.97 bits per heavy atom. The number of ether oxygens (including phenoxy) is 1. The van der Waals surface area contributed by atoms with Crippen LogP contribution in [0.3, 0.4) is 0 Å². The van der Waals surface area contributed by atoms with Gasteiger partial charge < -0.3 is 21.3 Å². The van der Waals surface area contributed by atoms with Crippen LogP contribution in [0.25, 0.3) is 5.70 Å². The van der Waals surface area contributed by atoms with Gasteiger partial charge in [-0.25, -0.2) is 11.7 Å². The monoisotopic (exact) mass is 404 g/mol. The molecule has 0 spiro atoms. The first-order valence-corrected chi connectivity index (χ1v) is 10.3. The van der Waals surface area contributed by atoms with E-state index >= 15 is 0 Å². The molecule has 9 nitrogen and oxygen atoms in total. The number of amidine groups is 1. The summed E-state index contributed by atoms with van der Waals surface area (Å²) in [5.74, 6) is 19.0. The molecule has 9 heteroatoms. The molecule has 0 aromatic carbocycles. The molecule has 1 saturated carbocycles. The van der Waals surface area contributed by atoms with E-state index < -0.39 is 0 Å². The number of hydrogen-bond acceptors (Lipinski definition) is 8. The van der Waals surface area contributed by atoms with E-state index in [1.54, 1.807) is 13.2 Å². The molecule has 1 heterocycles. The third-order valence-corrected chi connectivity index (χ3v) is 5.16. The van der Waals surface area contributed by atoms with Crippen molar-refractivity contribution in [3.63, 3.8) is 0 Å². The zero-order chi connectivity index (χ0) is 21.2. The van der Waals surface area contributed by atoms with Gasteiger partial charge in [-0.3, -0.25) is 9.99 Å². The van der Waals surface area contributed by atoms with Crippen LogP contribution < -0.4 is 28.0 Å². The summed E-state index contributed by atoms with van der Waals surface area (Å²) in [6.45, 7) is 2.36. The lowest BCUT2D eigenvalue weighted by Crippen LogP contribution is -2.44. The number of likely N-dealkylation sites (N-methyl/N-ethyl adjacent to an activating group) is 1. The second-order valence-electron chi connectivity index (χ2n) is 7.51. The fourth-order valence-corrected chi connectivity index (χ4v) is 3.39. The summed E-state index contributed by atoms with van der Waals surface area (Å²) in [6, 6.07) is 3.74. The first-order chi connectivity index (χ1) is 14.0. The molecular weight excluding hydrogens is 368 g/mol. The molecule has 0 radical (unpaired) electrons. The molecule has 0 bridgehead atoms. The number of hydrazone groups is 1. The Hall–Kier alpha value is -2.52. The van der Waals surface area contributed by atoms with Crippen molar-refractivity contribution in [3.8, 4) is 5.75 Å². The third kappa shape index (κ3) is 6.79. The number of pyridine rings is 1. The van der Waals surface area contributed by atoms with Crippen LogP contribution in [-0.4, -0.2) is 40.5 Å². The number of hydrazine groups is 2. The maximum absolute atomic E-state index is 6.37. The standard InChI is InChI=1S/C20H36N8O/c1-3-4-10-19(26-22)28(24)14-18(27(2)23)20(21)17-12-11-16(13-25-17)29-15-8-6-5-7-9-15/h11-13,15H,3-10,14,21-24H2,1-2H3/b20-18-,26-19-. The topological polar surface area (TPSA) is 145 Å². The minimum absolute atomic E-state index is 0.264. The Bertz CT molecular complexity index is 680. The number of nitrogens with zero attached hydrogens (tertiary/aromatic N) is 4. The van der Waals surface area contributed by atoms with Crippen molar-refractivity contribution >= 4 is 11.5 Å². The van der Waals surface area contributed by atoms with Crippen LogP contribution in [0.15, 0.2) is 29.1 Å². The fraction of sp³-hybridized carbons (Fsp3) is 0.600. The fourth-order valence-electron chi connectivity index (χ4n) is 3.39. The molecule has 0 atom stereocenters. The van der Waals surface area contributed by atoms with E-state index in [4.69, 9.17) is 28.0 Å². The van der Waals surface area contributed by atoms with E-state index in [1.165, 1.54) is 29.3 Å². The van der Waals surface area contributed by atoms with Crippen molar-refractivity contribution < 1.29 is 4.74 Å². The van der Waals surface area contributed by atoms with E-state index in [1.807, 2.05) is 12.1 Å². The molecule has 1 aromatic heterocycles. The number of unbranched alkanes of at least 4 members (excludes halogenated alkanes) is 1. The number of aromatic nitrogens is 1. The molecule has 2 rings (SSSR count). The molecule has 1 fully saturated rings. The molecule has 0 unspecified atom stereocenters. The summed E-state index contributed by atoms with van der Waals surface area (Å²) in [4.78, 5) is 4.46. The zero-order valence-corrected chi connectivity index (χ0v) is 17.7. The molecule has 1 aliphatic rings. The highest BCUT2D eigenvalue weighted by Gasteiger charge is 2.17. The quantitative estimate of drug-likeness (QED) is 0.211. The van der Waals surface area contributed by atoms with Gasteiger partial charge in [0.1, 0.15) is 11.6 Å². The Labute approximate surface area is 173 Å². The second kappa shape index (κ2) is 11.5. The molecule has 0 saturated heterocycles. The van der Waals surface area contributed by atoms with Gasteiger partial charge in [0.15, 0.2) is 0 Å². The number of hydrogen-bond donors (Lipinski definition) is 4. The SMILES string of the molecule is CCCC/C(=N/N)N(N)C/C(=C(/N)c1ccc(OC2CCCCC2)cn1)N(C)N. The maximum atomic E-state index is 6.37. The van der Waals surface area contributed by atoms with Crippen LogP contribution in [0.2, 0.25) is 0 Å². The molecule has 162 valence electrons. The van der Waals surface area contributed by atoms with Crippen LogP contribution >= 0.6 is 0 Å². The summed E-state index contributed by atoms with van der Waals surface area (Å²) in [5, 5.41) is 6.72. The smallest absolute Gasteiger partial charge is 0.138 e. The van der Waals surface area contributed by atoms with Gasteiger partial charge >= 0.3 is 0 Å². The van der Waals surface area contributed by atoms with E-state index in [9.17, 15) is 0 Å². The van der Waals surface area contributed by atoms with Crippen molar-refractivity contribution in [3.05, 3.63) is 29.7 Å². The number of rotatable bonds is 9. The molecule has 1 aromatic rings. The Balaban J connectivity index is 2.11. The Morgan fingerprint density at radius 1 is 1.24 bits per heavy atom. The normalized spacial score (nSPS) is 16.3. The van der Waals surface area contributed by atoms with Gasteiger partial charge in [0.05, 0.1) is 35.9 Å². The molecule has 1 aliphatic carbocycles. The summed E-state index contributed by atoms with van der Waals surface area (Å²) < 4.78 is 6.03. The van der Waals surface area contributed by atoms with Crippen LogP contribution in [-0.2, 0) is 0 Å². The lowest BCUT2D eigenvalue weighted by atomic mass is 9.98. The average molecular weight is 405 g/mol. The average Bonchev–Trinajstić information content (AvgIpc) is 2.73. The summed E-state index contributed by atoms with van der Waals surface area (Å²) in [5.41, 5.74) is 8.05. The van der Waals surface area contributed by atoms with Crippen LogP contribution in [0, 0.1) is 0 Å². The van der Waals surface area contributed by atoms with Gasteiger partial charge in [0.25, 0.3) is 0 Å². The molecule has 0 aliphatic heterocycles. The van der Waals surface area contributed by atoms with Crippen molar-refractivity contribution in [2.45, 2.75) is 64.4 Å². The van der Waals surface area contributed by atoms with Gasteiger partial charge in [0, 0.05) is 13.5 Å². The Morgan fingerprint density at radius 3 is 2.52 bits per heavy atom. The van der Waals surface area contributed by atoms with E-state index in [2.05, 4.69) is 17.0 Å². The summed E-state index contributed by atoms with van der Waals surface area (Å²) >= 11 is 0. The van der Waals surface area contributed by atoms with Crippen LogP contribution in [0.1, 0.15) is 64.0 Å². The van der Waals surface area contributed by atoms with Gasteiger partial charge in [-0.2, -0.15) is 5.10 Å². The van der Waals surface area contributed by atoms with Gasteiger partial charge in [0.2, 0.25) is 0 Å². The molecular formula is C20H36N8O. The molecule has 29 heavy (non-hydrogen) atoms. The third-order valence-electron chi connectivity index (χ3n) is 5.16. The van der Waals surface area contributed by atoms with Gasteiger partial charge in [-0.05, 0) is 44.2 Å². The van der Waals surface area contributed by atoms with Gasteiger partial charge in [-0.1, -0.05) is 19.8 Å². The number of nitrogens with two attached hydrogens (primary N) is 4. The largest absolute Gasteiger partial charge is 0.489 e. The highest BCUT2D eigenvalue weighted by Crippen LogP contribution is 2.24. The van der Waals surface area contributed by atoms with Crippen molar-refractivity contribution in [2.75, 3.05) is 13.6 Å². The molecule has 0 amide bonds. The lowest BCUT2D eigenvalue weighted by Gasteiger charge is -2.26. The van der Waals surface area contributed by atoms with Crippen molar-refractivity contribution in [1.29, 1.82) is 0 Å². The highest BCUT2D eigenvalue weighted by molar-refractivity contribution is 5.82. The van der Waals surface area contributed by atoms with E-state index in [-0.39, 0.29) is 12.6 Å². The molecule has 8 N–H and O–H groups in total. The first kappa shape index (κ1) is 22.8. The van der Waals surface area contributed by atoms with Crippen molar-refractivity contribution in [1.82, 2.24) is 15.0 Å². The lowest BCUT2D eigenvalue weighted by molar-refractivity contribution is 0.154. The van der Waals surface area contributed by atoms with Gasteiger partial charge in [-0.15, -0.1) is 0 Å². The summed E-state index contributed by atoms with van der Waals surface area (Å²) in [7, 11) is 1.71. The van der Waals surface area contributed by atoms with Crippen molar-refractivity contribution in [2.24, 2.45) is 28.4 Å². The van der Waals surface area contributed by atoms with Crippen LogP contribution in [0.5, 0.6) is 5.75 Å². The predicted octanol–water partition coefficient (Wildman–Crippen LogP) is 1.86. The van der Waals surface area contributed by atoms with E-state index in [0.717, 1.165) is 31.4 Å². The van der Waals surface area contributed by atoms with Crippen LogP contribution in [0.4, 0.5) is 0 Å².